The Bertz CT molecular complexity index is 374. The maximum Gasteiger partial charge on any atom is 0.320 e. The molecule has 2 fully saturated rings. The lowest BCUT2D eigenvalue weighted by molar-refractivity contribution is -0.142. The fourth-order valence-corrected chi connectivity index (χ4v) is 2.87. The molecule has 4 atom stereocenters. The zero-order valence-electron chi connectivity index (χ0n) is 11.7. The van der Waals surface area contributed by atoms with E-state index in [-0.39, 0.29) is 24.2 Å². The lowest BCUT2D eigenvalue weighted by Gasteiger charge is -2.40. The molecule has 2 aliphatic heterocycles. The normalized spacial score (nSPS) is 35.5. The minimum absolute atomic E-state index is 0.0355. The van der Waals surface area contributed by atoms with Crippen molar-refractivity contribution in [1.29, 1.82) is 0 Å². The van der Waals surface area contributed by atoms with Crippen LogP contribution in [0.15, 0.2) is 0 Å². The maximum absolute atomic E-state index is 12.5. The third-order valence-electron chi connectivity index (χ3n) is 4.17. The van der Waals surface area contributed by atoms with E-state index in [2.05, 4.69) is 0 Å². The summed E-state index contributed by atoms with van der Waals surface area (Å²) in [6, 6.07) is -0.256. The van der Waals surface area contributed by atoms with Crippen molar-refractivity contribution in [3.63, 3.8) is 0 Å². The first-order valence-electron chi connectivity index (χ1n) is 6.83. The van der Waals surface area contributed by atoms with Crippen LogP contribution in [0.2, 0.25) is 0 Å². The van der Waals surface area contributed by atoms with Gasteiger partial charge in [-0.3, -0.25) is 4.79 Å². The van der Waals surface area contributed by atoms with Crippen LogP contribution in [0.25, 0.3) is 0 Å². The van der Waals surface area contributed by atoms with E-state index in [4.69, 9.17) is 9.84 Å². The molecule has 4 unspecified atom stereocenters. The molecule has 0 aromatic heterocycles. The van der Waals surface area contributed by atoms with Crippen molar-refractivity contribution in [3.8, 4) is 0 Å². The van der Waals surface area contributed by atoms with Gasteiger partial charge in [-0.05, 0) is 27.2 Å². The number of carboxylic acid groups (broad SMARTS) is 1. The van der Waals surface area contributed by atoms with E-state index >= 15 is 0 Å². The van der Waals surface area contributed by atoms with Gasteiger partial charge in [-0.2, -0.15) is 0 Å². The molecule has 0 aromatic rings. The minimum Gasteiger partial charge on any atom is -0.481 e. The number of hydrogen-bond donors (Lipinski definition) is 1. The van der Waals surface area contributed by atoms with Crippen LogP contribution < -0.4 is 0 Å². The van der Waals surface area contributed by atoms with E-state index in [0.717, 1.165) is 0 Å². The number of likely N-dealkylation sites (tertiary alicyclic amines) is 1. The number of morpholine rings is 1. The summed E-state index contributed by atoms with van der Waals surface area (Å²) in [5, 5.41) is 9.12. The number of urea groups is 1. The van der Waals surface area contributed by atoms with E-state index in [1.165, 1.54) is 0 Å². The minimum atomic E-state index is -0.814. The lowest BCUT2D eigenvalue weighted by atomic mass is 10.0. The van der Waals surface area contributed by atoms with Crippen LogP contribution >= 0.6 is 0 Å². The van der Waals surface area contributed by atoms with Crippen molar-refractivity contribution in [2.45, 2.75) is 45.4 Å². The third kappa shape index (κ3) is 2.68. The van der Waals surface area contributed by atoms with Gasteiger partial charge in [0.2, 0.25) is 0 Å². The molecular weight excluding hydrogens is 248 g/mol. The van der Waals surface area contributed by atoms with Gasteiger partial charge in [0, 0.05) is 19.1 Å². The summed E-state index contributed by atoms with van der Waals surface area (Å²) in [6.07, 6.45) is 0.574. The smallest absolute Gasteiger partial charge is 0.320 e. The topological polar surface area (TPSA) is 70.1 Å². The van der Waals surface area contributed by atoms with Gasteiger partial charge in [0.1, 0.15) is 0 Å². The summed E-state index contributed by atoms with van der Waals surface area (Å²) in [7, 11) is 0. The number of carboxylic acids is 1. The summed E-state index contributed by atoms with van der Waals surface area (Å²) in [5.74, 6) is -1.26. The molecule has 0 radical (unpaired) electrons. The number of nitrogens with zero attached hydrogens (tertiary/aromatic N) is 2. The van der Waals surface area contributed by atoms with Gasteiger partial charge in [-0.15, -0.1) is 0 Å². The van der Waals surface area contributed by atoms with E-state index < -0.39 is 11.9 Å². The molecule has 2 heterocycles. The van der Waals surface area contributed by atoms with Crippen LogP contribution in [0.5, 0.6) is 0 Å². The second kappa shape index (κ2) is 5.36. The first-order valence-corrected chi connectivity index (χ1v) is 6.83. The highest BCUT2D eigenvalue weighted by molar-refractivity contribution is 5.78. The van der Waals surface area contributed by atoms with Gasteiger partial charge in [-0.25, -0.2) is 4.79 Å². The Kier molecular flexibility index (Phi) is 3.99. The highest BCUT2D eigenvalue weighted by Crippen LogP contribution is 2.26. The summed E-state index contributed by atoms with van der Waals surface area (Å²) >= 11 is 0. The molecule has 0 saturated carbocycles. The Hall–Kier alpha value is -1.30. The Morgan fingerprint density at radius 1 is 1.21 bits per heavy atom. The van der Waals surface area contributed by atoms with E-state index in [1.54, 1.807) is 9.80 Å². The van der Waals surface area contributed by atoms with Crippen molar-refractivity contribution in [2.75, 3.05) is 19.7 Å². The van der Waals surface area contributed by atoms with Crippen molar-refractivity contribution < 1.29 is 19.4 Å². The maximum atomic E-state index is 12.5. The Labute approximate surface area is 113 Å². The predicted octanol–water partition coefficient (Wildman–Crippen LogP) is 1.01. The summed E-state index contributed by atoms with van der Waals surface area (Å²) < 4.78 is 5.51. The molecule has 19 heavy (non-hydrogen) atoms. The van der Waals surface area contributed by atoms with E-state index in [1.807, 2.05) is 20.8 Å². The molecule has 0 aliphatic carbocycles. The second-order valence-electron chi connectivity index (χ2n) is 5.60. The molecular formula is C13H22N2O4. The highest BCUT2D eigenvalue weighted by atomic mass is 16.5. The monoisotopic (exact) mass is 270 g/mol. The standard InChI is InChI=1S/C13H22N2O4/c1-8-7-19-9(2)6-15(8)13(18)14-5-4-11(10(14)3)12(16)17/h8-11H,4-7H2,1-3H3,(H,16,17). The van der Waals surface area contributed by atoms with Gasteiger partial charge >= 0.3 is 12.0 Å². The van der Waals surface area contributed by atoms with Gasteiger partial charge < -0.3 is 19.6 Å². The van der Waals surface area contributed by atoms with Crippen molar-refractivity contribution in [3.05, 3.63) is 0 Å². The lowest BCUT2D eigenvalue weighted by Crippen LogP contribution is -2.55. The molecule has 2 amide bonds. The van der Waals surface area contributed by atoms with E-state index in [9.17, 15) is 9.59 Å². The predicted molar refractivity (Wildman–Crippen MR) is 68.9 cm³/mol. The summed E-state index contributed by atoms with van der Waals surface area (Å²) in [5.41, 5.74) is 0. The van der Waals surface area contributed by atoms with Crippen molar-refractivity contribution >= 4 is 12.0 Å². The Morgan fingerprint density at radius 2 is 1.89 bits per heavy atom. The average Bonchev–Trinajstić information content (AvgIpc) is 2.73. The van der Waals surface area contributed by atoms with Gasteiger partial charge in [0.15, 0.2) is 0 Å². The number of ether oxygens (including phenoxy) is 1. The van der Waals surface area contributed by atoms with Gasteiger partial charge in [0.25, 0.3) is 0 Å². The molecule has 6 heteroatoms. The number of rotatable bonds is 1. The zero-order valence-corrected chi connectivity index (χ0v) is 11.7. The second-order valence-corrected chi connectivity index (χ2v) is 5.60. The summed E-state index contributed by atoms with van der Waals surface area (Å²) in [6.45, 7) is 7.35. The quantitative estimate of drug-likeness (QED) is 0.772. The van der Waals surface area contributed by atoms with Crippen LogP contribution in [-0.4, -0.2) is 64.8 Å². The van der Waals surface area contributed by atoms with Crippen molar-refractivity contribution in [2.24, 2.45) is 5.92 Å². The number of aliphatic carboxylic acids is 1. The van der Waals surface area contributed by atoms with E-state index in [0.29, 0.717) is 26.1 Å². The molecule has 6 nitrogen and oxygen atoms in total. The first kappa shape index (κ1) is 14.1. The van der Waals surface area contributed by atoms with Crippen molar-refractivity contribution in [1.82, 2.24) is 9.80 Å². The van der Waals surface area contributed by atoms with Crippen LogP contribution in [0.1, 0.15) is 27.2 Å². The van der Waals surface area contributed by atoms with Crippen LogP contribution in [0.4, 0.5) is 4.79 Å². The number of carbonyl (C=O) groups excluding carboxylic acids is 1. The third-order valence-corrected chi connectivity index (χ3v) is 4.17. The molecule has 0 aromatic carbocycles. The number of carbonyl (C=O) groups is 2. The largest absolute Gasteiger partial charge is 0.481 e. The highest BCUT2D eigenvalue weighted by Gasteiger charge is 2.41. The van der Waals surface area contributed by atoms with Crippen LogP contribution in [0, 0.1) is 5.92 Å². The molecule has 1 N–H and O–H groups in total. The SMILES string of the molecule is CC1CN(C(=O)N2CCC(C(=O)O)C2C)C(C)CO1. The number of amides is 2. The number of hydrogen-bond acceptors (Lipinski definition) is 3. The fraction of sp³-hybridized carbons (Fsp3) is 0.846. The fourth-order valence-electron chi connectivity index (χ4n) is 2.87. The molecule has 0 bridgehead atoms. The first-order chi connectivity index (χ1) is 8.91. The zero-order chi connectivity index (χ0) is 14.2. The molecule has 108 valence electrons. The Balaban J connectivity index is 2.05. The van der Waals surface area contributed by atoms with Crippen LogP contribution in [-0.2, 0) is 9.53 Å². The molecule has 0 spiro atoms. The van der Waals surface area contributed by atoms with Crippen LogP contribution in [0.3, 0.4) is 0 Å². The molecule has 2 saturated heterocycles. The average molecular weight is 270 g/mol. The van der Waals surface area contributed by atoms with Gasteiger partial charge in [0.05, 0.1) is 24.7 Å². The summed E-state index contributed by atoms with van der Waals surface area (Å²) in [4.78, 5) is 27.1. The molecule has 2 aliphatic rings. The Morgan fingerprint density at radius 3 is 2.47 bits per heavy atom. The molecule has 2 rings (SSSR count). The van der Waals surface area contributed by atoms with Gasteiger partial charge in [-0.1, -0.05) is 0 Å².